The van der Waals surface area contributed by atoms with Crippen molar-refractivity contribution in [3.05, 3.63) is 29.3 Å². The largest absolute Gasteiger partial charge is 0.492 e. The SMILES string of the molecule is CN(CCOc1cccc(Cl)c1)C(=O)[C@H]1C[C@H](O)CN1. The molecule has 1 aliphatic rings. The molecule has 1 fully saturated rings. The molecule has 0 unspecified atom stereocenters. The molecule has 6 heteroatoms. The Morgan fingerprint density at radius 2 is 2.40 bits per heavy atom. The van der Waals surface area contributed by atoms with Gasteiger partial charge in [0.2, 0.25) is 5.91 Å². The zero-order valence-electron chi connectivity index (χ0n) is 11.4. The van der Waals surface area contributed by atoms with E-state index in [0.29, 0.717) is 36.9 Å². The van der Waals surface area contributed by atoms with E-state index in [1.165, 1.54) is 0 Å². The van der Waals surface area contributed by atoms with Crippen LogP contribution in [0.3, 0.4) is 0 Å². The van der Waals surface area contributed by atoms with E-state index in [4.69, 9.17) is 16.3 Å². The van der Waals surface area contributed by atoms with Gasteiger partial charge in [-0.3, -0.25) is 4.79 Å². The minimum absolute atomic E-state index is 0.0174. The van der Waals surface area contributed by atoms with Crippen molar-refractivity contribution in [2.45, 2.75) is 18.6 Å². The van der Waals surface area contributed by atoms with Gasteiger partial charge in [0.15, 0.2) is 0 Å². The summed E-state index contributed by atoms with van der Waals surface area (Å²) in [6.45, 7) is 1.36. The van der Waals surface area contributed by atoms with E-state index >= 15 is 0 Å². The molecule has 1 heterocycles. The molecule has 1 aromatic carbocycles. The first-order valence-corrected chi connectivity index (χ1v) is 6.99. The minimum atomic E-state index is -0.430. The van der Waals surface area contributed by atoms with Gasteiger partial charge >= 0.3 is 0 Å². The first-order valence-electron chi connectivity index (χ1n) is 6.61. The lowest BCUT2D eigenvalue weighted by molar-refractivity contribution is -0.132. The number of rotatable bonds is 5. The second kappa shape index (κ2) is 6.92. The van der Waals surface area contributed by atoms with Crippen LogP contribution < -0.4 is 10.1 Å². The summed E-state index contributed by atoms with van der Waals surface area (Å²) in [6.07, 6.45) is 0.0401. The Hall–Kier alpha value is -1.30. The molecular weight excluding hydrogens is 280 g/mol. The topological polar surface area (TPSA) is 61.8 Å². The monoisotopic (exact) mass is 298 g/mol. The van der Waals surface area contributed by atoms with Gasteiger partial charge in [-0.15, -0.1) is 0 Å². The Bertz CT molecular complexity index is 469. The molecule has 0 spiro atoms. The second-order valence-electron chi connectivity index (χ2n) is 4.92. The number of nitrogens with one attached hydrogen (secondary N) is 1. The van der Waals surface area contributed by atoms with Gasteiger partial charge in [0.25, 0.3) is 0 Å². The van der Waals surface area contributed by atoms with Crippen LogP contribution in [0.15, 0.2) is 24.3 Å². The third-order valence-corrected chi connectivity index (χ3v) is 3.51. The van der Waals surface area contributed by atoms with Crippen LogP contribution in [-0.2, 0) is 4.79 Å². The van der Waals surface area contributed by atoms with Gasteiger partial charge in [-0.25, -0.2) is 0 Å². The Labute approximate surface area is 123 Å². The molecule has 0 saturated carbocycles. The van der Waals surface area contributed by atoms with Crippen LogP contribution in [0.2, 0.25) is 5.02 Å². The number of halogens is 1. The molecule has 0 bridgehead atoms. The molecule has 2 N–H and O–H groups in total. The van der Waals surface area contributed by atoms with E-state index in [9.17, 15) is 9.90 Å². The average Bonchev–Trinajstić information content (AvgIpc) is 2.84. The fourth-order valence-corrected chi connectivity index (χ4v) is 2.32. The molecule has 1 amide bonds. The number of carbonyl (C=O) groups excluding carboxylic acids is 1. The minimum Gasteiger partial charge on any atom is -0.492 e. The first kappa shape index (κ1) is 15.1. The highest BCUT2D eigenvalue weighted by Crippen LogP contribution is 2.17. The third kappa shape index (κ3) is 4.10. The molecule has 5 nitrogen and oxygen atoms in total. The number of benzene rings is 1. The van der Waals surface area contributed by atoms with Gasteiger partial charge in [-0.05, 0) is 24.6 Å². The standard InChI is InChI=1S/C14H19ClN2O3/c1-17(14(19)13-8-11(18)9-16-13)5-6-20-12-4-2-3-10(15)7-12/h2-4,7,11,13,16,18H,5-6,8-9H2,1H3/t11-,13+/m0/s1. The molecule has 2 rings (SSSR count). The van der Waals surface area contributed by atoms with Crippen molar-refractivity contribution in [1.29, 1.82) is 0 Å². The molecule has 1 saturated heterocycles. The zero-order chi connectivity index (χ0) is 14.5. The van der Waals surface area contributed by atoms with Gasteiger partial charge < -0.3 is 20.1 Å². The van der Waals surface area contributed by atoms with Crippen LogP contribution in [0.1, 0.15) is 6.42 Å². The summed E-state index contributed by atoms with van der Waals surface area (Å²) in [6, 6.07) is 6.86. The average molecular weight is 299 g/mol. The van der Waals surface area contributed by atoms with E-state index in [0.717, 1.165) is 0 Å². The number of ether oxygens (including phenoxy) is 1. The van der Waals surface area contributed by atoms with Crippen molar-refractivity contribution in [2.24, 2.45) is 0 Å². The van der Waals surface area contributed by atoms with Crippen LogP contribution in [-0.4, -0.2) is 54.8 Å². The van der Waals surface area contributed by atoms with Crippen LogP contribution in [0.5, 0.6) is 5.75 Å². The summed E-state index contributed by atoms with van der Waals surface area (Å²) in [5, 5.41) is 13.0. The number of aliphatic hydroxyl groups excluding tert-OH is 1. The van der Waals surface area contributed by atoms with Crippen molar-refractivity contribution in [3.63, 3.8) is 0 Å². The molecule has 0 aliphatic carbocycles. The molecule has 1 aliphatic heterocycles. The Balaban J connectivity index is 1.74. The highest BCUT2D eigenvalue weighted by Gasteiger charge is 2.29. The molecule has 2 atom stereocenters. The number of hydrogen-bond donors (Lipinski definition) is 2. The van der Waals surface area contributed by atoms with E-state index < -0.39 is 6.10 Å². The number of β-amino-alcohol motifs (C(OH)–C–C–N with tert-alkyl or cyclic N) is 1. The lowest BCUT2D eigenvalue weighted by atomic mass is 10.2. The summed E-state index contributed by atoms with van der Waals surface area (Å²) >= 11 is 5.86. The van der Waals surface area contributed by atoms with Crippen molar-refractivity contribution in [2.75, 3.05) is 26.7 Å². The highest BCUT2D eigenvalue weighted by atomic mass is 35.5. The van der Waals surface area contributed by atoms with E-state index in [1.54, 1.807) is 24.1 Å². The number of aliphatic hydroxyl groups is 1. The number of nitrogens with zero attached hydrogens (tertiary/aromatic N) is 1. The van der Waals surface area contributed by atoms with E-state index in [-0.39, 0.29) is 11.9 Å². The van der Waals surface area contributed by atoms with Crippen molar-refractivity contribution < 1.29 is 14.6 Å². The second-order valence-corrected chi connectivity index (χ2v) is 5.35. The van der Waals surface area contributed by atoms with Gasteiger partial charge in [-0.1, -0.05) is 17.7 Å². The molecular formula is C14H19ClN2O3. The quantitative estimate of drug-likeness (QED) is 0.848. The Morgan fingerprint density at radius 3 is 3.05 bits per heavy atom. The maximum absolute atomic E-state index is 12.1. The Kier molecular flexibility index (Phi) is 5.23. The lowest BCUT2D eigenvalue weighted by Gasteiger charge is -2.21. The summed E-state index contributed by atoms with van der Waals surface area (Å²) in [5.74, 6) is 0.670. The summed E-state index contributed by atoms with van der Waals surface area (Å²) in [4.78, 5) is 13.7. The highest BCUT2D eigenvalue weighted by molar-refractivity contribution is 6.30. The predicted octanol–water partition coefficient (Wildman–Crippen LogP) is 0.900. The maximum atomic E-state index is 12.1. The summed E-state index contributed by atoms with van der Waals surface area (Å²) in [5.41, 5.74) is 0. The van der Waals surface area contributed by atoms with Gasteiger partial charge in [0.05, 0.1) is 18.7 Å². The van der Waals surface area contributed by atoms with Crippen molar-refractivity contribution >= 4 is 17.5 Å². The zero-order valence-corrected chi connectivity index (χ0v) is 12.1. The smallest absolute Gasteiger partial charge is 0.239 e. The molecule has 0 radical (unpaired) electrons. The van der Waals surface area contributed by atoms with E-state index in [1.807, 2.05) is 12.1 Å². The lowest BCUT2D eigenvalue weighted by Crippen LogP contribution is -2.43. The molecule has 0 aromatic heterocycles. The van der Waals surface area contributed by atoms with Gasteiger partial charge in [0, 0.05) is 18.6 Å². The predicted molar refractivity (Wildman–Crippen MR) is 77.0 cm³/mol. The summed E-state index contributed by atoms with van der Waals surface area (Å²) in [7, 11) is 1.73. The molecule has 1 aromatic rings. The molecule has 20 heavy (non-hydrogen) atoms. The number of hydrogen-bond acceptors (Lipinski definition) is 4. The number of amides is 1. The third-order valence-electron chi connectivity index (χ3n) is 3.27. The van der Waals surface area contributed by atoms with Crippen LogP contribution >= 0.6 is 11.6 Å². The van der Waals surface area contributed by atoms with Crippen LogP contribution in [0, 0.1) is 0 Å². The summed E-state index contributed by atoms with van der Waals surface area (Å²) < 4.78 is 5.54. The number of carbonyl (C=O) groups is 1. The normalized spacial score (nSPS) is 21.8. The van der Waals surface area contributed by atoms with Gasteiger partial charge in [0.1, 0.15) is 12.4 Å². The fraction of sp³-hybridized carbons (Fsp3) is 0.500. The van der Waals surface area contributed by atoms with Crippen LogP contribution in [0.25, 0.3) is 0 Å². The van der Waals surface area contributed by atoms with Crippen LogP contribution in [0.4, 0.5) is 0 Å². The van der Waals surface area contributed by atoms with Crippen molar-refractivity contribution in [3.8, 4) is 5.75 Å². The number of likely N-dealkylation sites (N-methyl/N-ethyl adjacent to an activating group) is 1. The fourth-order valence-electron chi connectivity index (χ4n) is 2.14. The van der Waals surface area contributed by atoms with Gasteiger partial charge in [-0.2, -0.15) is 0 Å². The molecule has 110 valence electrons. The van der Waals surface area contributed by atoms with Crippen molar-refractivity contribution in [1.82, 2.24) is 10.2 Å². The first-order chi connectivity index (χ1) is 9.56. The van der Waals surface area contributed by atoms with E-state index in [2.05, 4.69) is 5.32 Å². The maximum Gasteiger partial charge on any atom is 0.239 e. The Morgan fingerprint density at radius 1 is 1.60 bits per heavy atom.